The smallest absolute Gasteiger partial charge is 0.241 e. The van der Waals surface area contributed by atoms with E-state index in [2.05, 4.69) is 22.0 Å². The highest BCUT2D eigenvalue weighted by molar-refractivity contribution is 7.18. The molecule has 7 heteroatoms. The third kappa shape index (κ3) is 4.54. The Balaban J connectivity index is 1.05. The minimum atomic E-state index is 0.158. The van der Waals surface area contributed by atoms with Crippen molar-refractivity contribution in [2.45, 2.75) is 25.7 Å². The Bertz CT molecular complexity index is 1090. The van der Waals surface area contributed by atoms with Crippen LogP contribution in [0.1, 0.15) is 23.4 Å². The third-order valence-electron chi connectivity index (χ3n) is 6.39. The molecule has 2 amide bonds. The molecule has 166 valence electrons. The van der Waals surface area contributed by atoms with E-state index in [1.165, 1.54) is 10.3 Å². The van der Waals surface area contributed by atoms with Crippen molar-refractivity contribution in [3.8, 4) is 0 Å². The van der Waals surface area contributed by atoms with Crippen LogP contribution in [-0.4, -0.2) is 65.9 Å². The Kier molecular flexibility index (Phi) is 6.19. The summed E-state index contributed by atoms with van der Waals surface area (Å²) in [6.45, 7) is 4.10. The van der Waals surface area contributed by atoms with Crippen LogP contribution in [0.3, 0.4) is 0 Å². The number of carbonyl (C=O) groups excluding carboxylic acids is 2. The highest BCUT2D eigenvalue weighted by Gasteiger charge is 2.27. The molecular formula is C25H28N4O2S. The minimum absolute atomic E-state index is 0.158. The molecule has 1 aromatic heterocycles. The van der Waals surface area contributed by atoms with Gasteiger partial charge in [-0.05, 0) is 43.0 Å². The fourth-order valence-corrected chi connectivity index (χ4v) is 5.61. The van der Waals surface area contributed by atoms with E-state index in [0.717, 1.165) is 55.1 Å². The Hall–Kier alpha value is -2.77. The number of fused-ring (bicyclic) bond motifs is 2. The lowest BCUT2D eigenvalue weighted by Gasteiger charge is -2.35. The second-order valence-corrected chi connectivity index (χ2v) is 9.63. The predicted octanol–water partition coefficient (Wildman–Crippen LogP) is 3.35. The molecule has 0 radical (unpaired) electrons. The van der Waals surface area contributed by atoms with E-state index < -0.39 is 0 Å². The monoisotopic (exact) mass is 448 g/mol. The van der Waals surface area contributed by atoms with Gasteiger partial charge in [-0.1, -0.05) is 30.3 Å². The fourth-order valence-electron chi connectivity index (χ4n) is 4.61. The first-order chi connectivity index (χ1) is 15.7. The number of amides is 2. The van der Waals surface area contributed by atoms with Crippen LogP contribution >= 0.6 is 11.3 Å². The van der Waals surface area contributed by atoms with Crippen LogP contribution in [0.2, 0.25) is 0 Å². The molecule has 1 saturated heterocycles. The Morgan fingerprint density at radius 1 is 0.906 bits per heavy atom. The molecule has 32 heavy (non-hydrogen) atoms. The van der Waals surface area contributed by atoms with Gasteiger partial charge >= 0.3 is 0 Å². The number of piperazine rings is 1. The summed E-state index contributed by atoms with van der Waals surface area (Å²) < 4.78 is 1.21. The van der Waals surface area contributed by atoms with E-state index in [0.29, 0.717) is 26.1 Å². The van der Waals surface area contributed by atoms with Crippen LogP contribution in [0.25, 0.3) is 10.2 Å². The molecule has 5 rings (SSSR count). The average Bonchev–Trinajstić information content (AvgIpc) is 3.43. The zero-order valence-corrected chi connectivity index (χ0v) is 19.0. The number of anilines is 1. The lowest BCUT2D eigenvalue weighted by molar-refractivity contribution is -0.133. The molecule has 1 fully saturated rings. The van der Waals surface area contributed by atoms with Gasteiger partial charge in [0.15, 0.2) is 0 Å². The molecule has 0 aliphatic carbocycles. The molecule has 0 bridgehead atoms. The number of rotatable bonds is 6. The number of nitrogens with zero attached hydrogens (tertiary/aromatic N) is 4. The molecule has 2 aliphatic heterocycles. The van der Waals surface area contributed by atoms with Gasteiger partial charge in [0, 0.05) is 44.8 Å². The maximum atomic E-state index is 12.8. The SMILES string of the molecule is O=C(CCCc1nc2ccccc2s1)N1CCN(CC(=O)N2CCc3ccccc32)CC1. The van der Waals surface area contributed by atoms with E-state index >= 15 is 0 Å². The van der Waals surface area contributed by atoms with Crippen LogP contribution in [0.5, 0.6) is 0 Å². The van der Waals surface area contributed by atoms with Crippen molar-refractivity contribution >= 4 is 39.1 Å². The quantitative estimate of drug-likeness (QED) is 0.580. The van der Waals surface area contributed by atoms with E-state index in [-0.39, 0.29) is 11.8 Å². The lowest BCUT2D eigenvalue weighted by Crippen LogP contribution is -2.51. The van der Waals surface area contributed by atoms with Crippen molar-refractivity contribution in [3.05, 3.63) is 59.1 Å². The van der Waals surface area contributed by atoms with Crippen LogP contribution in [0.4, 0.5) is 5.69 Å². The summed E-state index contributed by atoms with van der Waals surface area (Å²) in [6.07, 6.45) is 3.16. The number of hydrogen-bond acceptors (Lipinski definition) is 5. The van der Waals surface area contributed by atoms with Crippen molar-refractivity contribution in [1.82, 2.24) is 14.8 Å². The maximum Gasteiger partial charge on any atom is 0.241 e. The number of benzene rings is 2. The van der Waals surface area contributed by atoms with Gasteiger partial charge in [-0.2, -0.15) is 0 Å². The first kappa shape index (κ1) is 21.1. The molecule has 2 aromatic carbocycles. The first-order valence-corrected chi connectivity index (χ1v) is 12.2. The number of thiazole rings is 1. The number of para-hydroxylation sites is 2. The van der Waals surface area contributed by atoms with Gasteiger partial charge in [-0.15, -0.1) is 11.3 Å². The number of aryl methyl sites for hydroxylation is 1. The average molecular weight is 449 g/mol. The summed E-state index contributed by atoms with van der Waals surface area (Å²) in [6, 6.07) is 16.3. The molecule has 0 saturated carbocycles. The third-order valence-corrected chi connectivity index (χ3v) is 7.49. The second-order valence-electron chi connectivity index (χ2n) is 8.51. The Morgan fingerprint density at radius 2 is 1.69 bits per heavy atom. The summed E-state index contributed by atoms with van der Waals surface area (Å²) in [7, 11) is 0. The van der Waals surface area contributed by atoms with Crippen molar-refractivity contribution in [2.75, 3.05) is 44.2 Å². The topological polar surface area (TPSA) is 56.8 Å². The standard InChI is InChI=1S/C25H28N4O2S/c30-24(11-5-10-23-26-20-7-2-4-9-22(20)32-23)28-16-14-27(15-17-28)18-25(31)29-13-12-19-6-1-3-8-21(19)29/h1-4,6-9H,5,10-18H2. The summed E-state index contributed by atoms with van der Waals surface area (Å²) in [4.78, 5) is 36.2. The summed E-state index contributed by atoms with van der Waals surface area (Å²) in [5, 5.41) is 1.10. The van der Waals surface area contributed by atoms with E-state index in [9.17, 15) is 9.59 Å². The van der Waals surface area contributed by atoms with Gasteiger partial charge in [-0.3, -0.25) is 14.5 Å². The second kappa shape index (κ2) is 9.38. The molecule has 0 atom stereocenters. The fraction of sp³-hybridized carbons (Fsp3) is 0.400. The van der Waals surface area contributed by atoms with Gasteiger partial charge in [0.1, 0.15) is 0 Å². The number of carbonyl (C=O) groups is 2. The predicted molar refractivity (Wildman–Crippen MR) is 128 cm³/mol. The van der Waals surface area contributed by atoms with Gasteiger partial charge < -0.3 is 9.80 Å². The number of hydrogen-bond donors (Lipinski definition) is 0. The number of aromatic nitrogens is 1. The van der Waals surface area contributed by atoms with Gasteiger partial charge in [-0.25, -0.2) is 4.98 Å². The van der Waals surface area contributed by atoms with Gasteiger partial charge in [0.25, 0.3) is 0 Å². The van der Waals surface area contributed by atoms with Gasteiger partial charge in [0.2, 0.25) is 11.8 Å². The molecule has 3 aromatic rings. The van der Waals surface area contributed by atoms with E-state index in [1.54, 1.807) is 11.3 Å². The van der Waals surface area contributed by atoms with Crippen molar-refractivity contribution in [3.63, 3.8) is 0 Å². The molecule has 0 N–H and O–H groups in total. The first-order valence-electron chi connectivity index (χ1n) is 11.4. The summed E-state index contributed by atoms with van der Waals surface area (Å²) in [5.41, 5.74) is 3.35. The van der Waals surface area contributed by atoms with Crippen LogP contribution in [-0.2, 0) is 22.4 Å². The van der Waals surface area contributed by atoms with Crippen LogP contribution in [0, 0.1) is 0 Å². The lowest BCUT2D eigenvalue weighted by atomic mass is 10.2. The minimum Gasteiger partial charge on any atom is -0.340 e. The summed E-state index contributed by atoms with van der Waals surface area (Å²) >= 11 is 1.72. The zero-order chi connectivity index (χ0) is 21.9. The largest absolute Gasteiger partial charge is 0.340 e. The van der Waals surface area contributed by atoms with Gasteiger partial charge in [0.05, 0.1) is 21.8 Å². The molecule has 0 unspecified atom stereocenters. The van der Waals surface area contributed by atoms with Crippen molar-refractivity contribution < 1.29 is 9.59 Å². The Morgan fingerprint density at radius 3 is 2.53 bits per heavy atom. The van der Waals surface area contributed by atoms with Crippen LogP contribution < -0.4 is 4.90 Å². The van der Waals surface area contributed by atoms with E-state index in [4.69, 9.17) is 0 Å². The van der Waals surface area contributed by atoms with Crippen molar-refractivity contribution in [1.29, 1.82) is 0 Å². The summed E-state index contributed by atoms with van der Waals surface area (Å²) in [5.74, 6) is 0.371. The highest BCUT2D eigenvalue weighted by Crippen LogP contribution is 2.27. The molecule has 3 heterocycles. The highest BCUT2D eigenvalue weighted by atomic mass is 32.1. The molecular weight excluding hydrogens is 420 g/mol. The molecule has 0 spiro atoms. The maximum absolute atomic E-state index is 12.8. The van der Waals surface area contributed by atoms with Crippen molar-refractivity contribution in [2.24, 2.45) is 0 Å². The zero-order valence-electron chi connectivity index (χ0n) is 18.2. The van der Waals surface area contributed by atoms with E-state index in [1.807, 2.05) is 46.2 Å². The molecule has 2 aliphatic rings. The Labute approximate surface area is 192 Å². The normalized spacial score (nSPS) is 16.5. The van der Waals surface area contributed by atoms with Crippen LogP contribution in [0.15, 0.2) is 48.5 Å². The molecule has 6 nitrogen and oxygen atoms in total.